The van der Waals surface area contributed by atoms with Crippen molar-refractivity contribution >= 4 is 46.6 Å². The monoisotopic (exact) mass is 423 g/mol. The summed E-state index contributed by atoms with van der Waals surface area (Å²) >= 11 is 13.1. The summed E-state index contributed by atoms with van der Waals surface area (Å²) in [5, 5.41) is 15.6. The lowest BCUT2D eigenvalue weighted by Crippen LogP contribution is -2.23. The van der Waals surface area contributed by atoms with Crippen LogP contribution in [0.3, 0.4) is 0 Å². The average molecular weight is 424 g/mol. The quantitative estimate of drug-likeness (QED) is 0.600. The van der Waals surface area contributed by atoms with Gasteiger partial charge in [-0.05, 0) is 59.8 Å². The molecule has 140 valence electrons. The number of benzene rings is 2. The van der Waals surface area contributed by atoms with E-state index in [1.807, 2.05) is 0 Å². The zero-order chi connectivity index (χ0) is 19.4. The number of amides is 1. The number of aromatic nitrogens is 4. The van der Waals surface area contributed by atoms with Crippen molar-refractivity contribution in [2.24, 2.45) is 0 Å². The van der Waals surface area contributed by atoms with Crippen LogP contribution in [0.4, 0.5) is 5.69 Å². The van der Waals surface area contributed by atoms with Gasteiger partial charge in [-0.2, -0.15) is 4.68 Å². The number of ether oxygens (including phenoxy) is 1. The molecule has 0 saturated heterocycles. The lowest BCUT2D eigenvalue weighted by atomic mass is 10.3. The minimum absolute atomic E-state index is 0.230. The standard InChI is InChI=1S/C17H15Cl2N5O2S/c1-10(16(25)20-14-9-12(19)5-8-15(14)26-2)27-17-21-22-23-24(17)13-6-3-11(18)4-7-13/h3-10H,1-2H3,(H,20,25). The van der Waals surface area contributed by atoms with Crippen molar-refractivity contribution in [1.82, 2.24) is 20.2 Å². The van der Waals surface area contributed by atoms with E-state index in [2.05, 4.69) is 20.8 Å². The van der Waals surface area contributed by atoms with Crippen molar-refractivity contribution < 1.29 is 9.53 Å². The maximum absolute atomic E-state index is 12.6. The Hall–Kier alpha value is -2.29. The fraction of sp³-hybridized carbons (Fsp3) is 0.176. The first-order valence-electron chi connectivity index (χ1n) is 7.83. The van der Waals surface area contributed by atoms with E-state index < -0.39 is 5.25 Å². The number of rotatable bonds is 6. The molecule has 3 rings (SSSR count). The SMILES string of the molecule is COc1ccc(Cl)cc1NC(=O)C(C)Sc1nnnn1-c1ccc(Cl)cc1. The Morgan fingerprint density at radius 2 is 1.89 bits per heavy atom. The number of carbonyl (C=O) groups is 1. The number of halogens is 2. The van der Waals surface area contributed by atoms with Gasteiger partial charge in [0.2, 0.25) is 11.1 Å². The molecule has 7 nitrogen and oxygen atoms in total. The summed E-state index contributed by atoms with van der Waals surface area (Å²) in [4.78, 5) is 12.6. The highest BCUT2D eigenvalue weighted by Gasteiger charge is 2.20. The second-order valence-electron chi connectivity index (χ2n) is 5.44. The van der Waals surface area contributed by atoms with Gasteiger partial charge < -0.3 is 10.1 Å². The van der Waals surface area contributed by atoms with Crippen molar-refractivity contribution in [3.63, 3.8) is 0 Å². The minimum atomic E-state index is -0.467. The highest BCUT2D eigenvalue weighted by atomic mass is 35.5. The summed E-state index contributed by atoms with van der Waals surface area (Å²) in [6.07, 6.45) is 0. The predicted octanol–water partition coefficient (Wildman–Crippen LogP) is 4.10. The van der Waals surface area contributed by atoms with E-state index in [0.717, 1.165) is 5.69 Å². The number of anilines is 1. The van der Waals surface area contributed by atoms with Gasteiger partial charge in [-0.25, -0.2) is 0 Å². The second-order valence-corrected chi connectivity index (χ2v) is 7.62. The molecule has 1 aromatic heterocycles. The summed E-state index contributed by atoms with van der Waals surface area (Å²) in [5.41, 5.74) is 1.25. The highest BCUT2D eigenvalue weighted by molar-refractivity contribution is 8.00. The topological polar surface area (TPSA) is 81.9 Å². The number of hydrogen-bond donors (Lipinski definition) is 1. The predicted molar refractivity (Wildman–Crippen MR) is 106 cm³/mol. The van der Waals surface area contributed by atoms with Crippen LogP contribution in [0.1, 0.15) is 6.92 Å². The van der Waals surface area contributed by atoms with Crippen LogP contribution in [-0.4, -0.2) is 38.5 Å². The van der Waals surface area contributed by atoms with Crippen molar-refractivity contribution in [1.29, 1.82) is 0 Å². The van der Waals surface area contributed by atoms with Gasteiger partial charge in [0.05, 0.1) is 23.7 Å². The van der Waals surface area contributed by atoms with Gasteiger partial charge in [0, 0.05) is 10.0 Å². The van der Waals surface area contributed by atoms with E-state index in [9.17, 15) is 4.79 Å². The molecule has 1 N–H and O–H groups in total. The zero-order valence-electron chi connectivity index (χ0n) is 14.4. The number of carbonyl (C=O) groups excluding carboxylic acids is 1. The summed E-state index contributed by atoms with van der Waals surface area (Å²) in [7, 11) is 1.53. The number of nitrogens with one attached hydrogen (secondary N) is 1. The van der Waals surface area contributed by atoms with Gasteiger partial charge >= 0.3 is 0 Å². The molecule has 0 aliphatic carbocycles. The van der Waals surface area contributed by atoms with E-state index in [1.165, 1.54) is 18.9 Å². The third-order valence-electron chi connectivity index (χ3n) is 3.58. The Balaban J connectivity index is 1.74. The van der Waals surface area contributed by atoms with E-state index in [1.54, 1.807) is 54.1 Å². The van der Waals surface area contributed by atoms with Gasteiger partial charge in [0.25, 0.3) is 0 Å². The van der Waals surface area contributed by atoms with Crippen LogP contribution < -0.4 is 10.1 Å². The number of nitrogens with zero attached hydrogens (tertiary/aromatic N) is 4. The summed E-state index contributed by atoms with van der Waals surface area (Å²) in [6.45, 7) is 1.76. The molecule has 1 atom stereocenters. The molecule has 0 radical (unpaired) electrons. The van der Waals surface area contributed by atoms with E-state index in [0.29, 0.717) is 26.6 Å². The van der Waals surface area contributed by atoms with E-state index >= 15 is 0 Å². The Morgan fingerprint density at radius 3 is 2.59 bits per heavy atom. The molecule has 3 aromatic rings. The van der Waals surface area contributed by atoms with Crippen molar-refractivity contribution in [3.05, 3.63) is 52.5 Å². The van der Waals surface area contributed by atoms with Crippen molar-refractivity contribution in [2.75, 3.05) is 12.4 Å². The second kappa shape index (κ2) is 8.60. The van der Waals surface area contributed by atoms with E-state index in [-0.39, 0.29) is 5.91 Å². The fourth-order valence-electron chi connectivity index (χ4n) is 2.22. The van der Waals surface area contributed by atoms with Crippen LogP contribution in [0.2, 0.25) is 10.0 Å². The number of thioether (sulfide) groups is 1. The third kappa shape index (κ3) is 4.71. The molecule has 2 aromatic carbocycles. The molecule has 0 aliphatic rings. The van der Waals surface area contributed by atoms with E-state index in [4.69, 9.17) is 27.9 Å². The van der Waals surface area contributed by atoms with Crippen LogP contribution in [0.5, 0.6) is 5.75 Å². The van der Waals surface area contributed by atoms with Gasteiger partial charge in [-0.3, -0.25) is 4.79 Å². The largest absolute Gasteiger partial charge is 0.495 e. The number of tetrazole rings is 1. The molecule has 0 spiro atoms. The molecular weight excluding hydrogens is 409 g/mol. The molecule has 1 heterocycles. The number of methoxy groups -OCH3 is 1. The zero-order valence-corrected chi connectivity index (χ0v) is 16.7. The molecule has 1 amide bonds. The first kappa shape index (κ1) is 19.5. The average Bonchev–Trinajstić information content (AvgIpc) is 3.10. The van der Waals surface area contributed by atoms with Crippen LogP contribution in [-0.2, 0) is 4.79 Å². The molecular formula is C17H15Cl2N5O2S. The summed E-state index contributed by atoms with van der Waals surface area (Å²) in [5.74, 6) is 0.294. The first-order valence-corrected chi connectivity index (χ1v) is 9.47. The van der Waals surface area contributed by atoms with Crippen molar-refractivity contribution in [2.45, 2.75) is 17.3 Å². The summed E-state index contributed by atoms with van der Waals surface area (Å²) in [6, 6.07) is 12.1. The van der Waals surface area contributed by atoms with Gasteiger partial charge in [0.1, 0.15) is 5.75 Å². The normalized spacial score (nSPS) is 11.9. The van der Waals surface area contributed by atoms with Crippen LogP contribution in [0, 0.1) is 0 Å². The Labute approximate surface area is 170 Å². The number of hydrogen-bond acceptors (Lipinski definition) is 6. The fourth-order valence-corrected chi connectivity index (χ4v) is 3.33. The first-order chi connectivity index (χ1) is 13.0. The maximum atomic E-state index is 12.6. The van der Waals surface area contributed by atoms with Gasteiger partial charge in [0.15, 0.2) is 0 Å². The highest BCUT2D eigenvalue weighted by Crippen LogP contribution is 2.29. The molecule has 0 aliphatic heterocycles. The molecule has 10 heteroatoms. The summed E-state index contributed by atoms with van der Waals surface area (Å²) < 4.78 is 6.79. The van der Waals surface area contributed by atoms with Gasteiger partial charge in [-0.1, -0.05) is 35.0 Å². The van der Waals surface area contributed by atoms with Gasteiger partial charge in [-0.15, -0.1) is 5.10 Å². The van der Waals surface area contributed by atoms with Crippen LogP contribution in [0.25, 0.3) is 5.69 Å². The van der Waals surface area contributed by atoms with Crippen LogP contribution >= 0.6 is 35.0 Å². The molecule has 1 unspecified atom stereocenters. The molecule has 0 saturated carbocycles. The Morgan fingerprint density at radius 1 is 1.19 bits per heavy atom. The van der Waals surface area contributed by atoms with Crippen LogP contribution in [0.15, 0.2) is 47.6 Å². The van der Waals surface area contributed by atoms with Crippen molar-refractivity contribution in [3.8, 4) is 11.4 Å². The lowest BCUT2D eigenvalue weighted by molar-refractivity contribution is -0.115. The Bertz CT molecular complexity index is 949. The lowest BCUT2D eigenvalue weighted by Gasteiger charge is -2.14. The minimum Gasteiger partial charge on any atom is -0.495 e. The maximum Gasteiger partial charge on any atom is 0.237 e. The molecule has 0 bridgehead atoms. The molecule has 0 fully saturated rings. The molecule has 27 heavy (non-hydrogen) atoms. The smallest absolute Gasteiger partial charge is 0.237 e. The Kier molecular flexibility index (Phi) is 6.20. The third-order valence-corrected chi connectivity index (χ3v) is 5.10.